The molecule has 0 radical (unpaired) electrons. The van der Waals surface area contributed by atoms with Gasteiger partial charge in [0.15, 0.2) is 5.76 Å². The van der Waals surface area contributed by atoms with E-state index in [1.165, 1.54) is 12.3 Å². The van der Waals surface area contributed by atoms with E-state index in [2.05, 4.69) is 10.3 Å². The second-order valence-electron chi connectivity index (χ2n) is 5.96. The third-order valence-electron chi connectivity index (χ3n) is 4.02. The Bertz CT molecular complexity index is 794. The molecule has 1 saturated heterocycles. The molecule has 2 amide bonds. The number of piperidine rings is 1. The molecule has 126 valence electrons. The minimum atomic E-state index is -0.307. The number of furan rings is 1. The summed E-state index contributed by atoms with van der Waals surface area (Å²) in [5, 5.41) is 2.90. The van der Waals surface area contributed by atoms with Crippen LogP contribution in [0.4, 0.5) is 0 Å². The molecule has 24 heavy (non-hydrogen) atoms. The van der Waals surface area contributed by atoms with E-state index in [9.17, 15) is 14.4 Å². The smallest absolute Gasteiger partial charge is 0.289 e. The van der Waals surface area contributed by atoms with Crippen LogP contribution in [0.3, 0.4) is 0 Å². The molecule has 0 bridgehead atoms. The fourth-order valence-electron chi connectivity index (χ4n) is 2.92. The van der Waals surface area contributed by atoms with E-state index in [-0.39, 0.29) is 23.4 Å². The van der Waals surface area contributed by atoms with Crippen LogP contribution >= 0.6 is 0 Å². The van der Waals surface area contributed by atoms with Crippen LogP contribution in [0.1, 0.15) is 39.4 Å². The number of nitrogens with one attached hydrogen (secondary N) is 2. The first kappa shape index (κ1) is 16.0. The molecule has 3 rings (SSSR count). The predicted octanol–water partition coefficient (Wildman–Crippen LogP) is 1.31. The summed E-state index contributed by atoms with van der Waals surface area (Å²) >= 11 is 0. The van der Waals surface area contributed by atoms with Crippen molar-refractivity contribution in [3.8, 4) is 0 Å². The molecule has 1 aliphatic heterocycles. The number of aromatic amines is 1. The molecule has 0 saturated carbocycles. The summed E-state index contributed by atoms with van der Waals surface area (Å²) in [5.41, 5.74) is 0.648. The van der Waals surface area contributed by atoms with Crippen LogP contribution in [0, 0.1) is 6.92 Å². The molecular formula is C17H19N3O4. The lowest BCUT2D eigenvalue weighted by Gasteiger charge is -2.32. The van der Waals surface area contributed by atoms with E-state index in [0.29, 0.717) is 30.1 Å². The standard InChI is InChI=1S/C17H19N3O4/c1-11-8-12(9-15(21)18-11)16(22)19-13-4-2-6-20(10-13)17(23)14-5-3-7-24-14/h3,5,7-9,13H,2,4,6,10H2,1H3,(H,18,21)(H,19,22)/t13-/m1/s1. The van der Waals surface area contributed by atoms with Crippen LogP contribution in [-0.4, -0.2) is 40.8 Å². The molecule has 7 nitrogen and oxygen atoms in total. The summed E-state index contributed by atoms with van der Waals surface area (Å²) in [4.78, 5) is 40.4. The van der Waals surface area contributed by atoms with Crippen LogP contribution in [0.25, 0.3) is 0 Å². The Morgan fingerprint density at radius 2 is 2.21 bits per heavy atom. The summed E-state index contributed by atoms with van der Waals surface area (Å²) in [6.07, 6.45) is 3.05. The Morgan fingerprint density at radius 3 is 2.92 bits per heavy atom. The van der Waals surface area contributed by atoms with Crippen molar-refractivity contribution in [3.63, 3.8) is 0 Å². The first-order valence-electron chi connectivity index (χ1n) is 7.87. The third-order valence-corrected chi connectivity index (χ3v) is 4.02. The molecule has 2 aromatic rings. The monoisotopic (exact) mass is 329 g/mol. The summed E-state index contributed by atoms with van der Waals surface area (Å²) in [6.45, 7) is 2.78. The summed E-state index contributed by atoms with van der Waals surface area (Å²) in [5.74, 6) is -0.181. The number of pyridine rings is 1. The lowest BCUT2D eigenvalue weighted by molar-refractivity contribution is 0.0647. The highest BCUT2D eigenvalue weighted by molar-refractivity contribution is 5.94. The molecule has 1 fully saturated rings. The van der Waals surface area contributed by atoms with E-state index >= 15 is 0 Å². The van der Waals surface area contributed by atoms with E-state index in [1.807, 2.05) is 0 Å². The van der Waals surface area contributed by atoms with Gasteiger partial charge in [0, 0.05) is 36.5 Å². The molecular weight excluding hydrogens is 310 g/mol. The van der Waals surface area contributed by atoms with Gasteiger partial charge in [-0.25, -0.2) is 0 Å². The van der Waals surface area contributed by atoms with Gasteiger partial charge in [-0.05, 0) is 38.0 Å². The number of amides is 2. The number of hydrogen-bond acceptors (Lipinski definition) is 4. The molecule has 0 unspecified atom stereocenters. The van der Waals surface area contributed by atoms with Gasteiger partial charge in [0.25, 0.3) is 11.8 Å². The van der Waals surface area contributed by atoms with Gasteiger partial charge in [0.1, 0.15) is 0 Å². The Morgan fingerprint density at radius 1 is 1.38 bits per heavy atom. The fourth-order valence-corrected chi connectivity index (χ4v) is 2.92. The molecule has 1 aliphatic rings. The number of carbonyl (C=O) groups excluding carboxylic acids is 2. The summed E-state index contributed by atoms with van der Waals surface area (Å²) < 4.78 is 5.14. The van der Waals surface area contributed by atoms with Gasteiger partial charge in [-0.3, -0.25) is 14.4 Å². The number of H-pyrrole nitrogens is 1. The average Bonchev–Trinajstić information content (AvgIpc) is 3.08. The molecule has 3 heterocycles. The normalized spacial score (nSPS) is 17.5. The average molecular weight is 329 g/mol. The fraction of sp³-hybridized carbons (Fsp3) is 0.353. The zero-order valence-electron chi connectivity index (χ0n) is 13.4. The van der Waals surface area contributed by atoms with Gasteiger partial charge in [-0.2, -0.15) is 0 Å². The topological polar surface area (TPSA) is 95.4 Å². The van der Waals surface area contributed by atoms with Crippen molar-refractivity contribution < 1.29 is 14.0 Å². The summed E-state index contributed by atoms with van der Waals surface area (Å²) in [7, 11) is 0. The SMILES string of the molecule is Cc1cc(C(=O)N[C@@H]2CCCN(C(=O)c3ccco3)C2)cc(=O)[nH]1. The Labute approximate surface area is 138 Å². The zero-order chi connectivity index (χ0) is 17.1. The first-order valence-corrected chi connectivity index (χ1v) is 7.87. The number of hydrogen-bond donors (Lipinski definition) is 2. The minimum Gasteiger partial charge on any atom is -0.459 e. The molecule has 0 aromatic carbocycles. The maximum atomic E-state index is 12.3. The number of aromatic nitrogens is 1. The summed E-state index contributed by atoms with van der Waals surface area (Å²) in [6, 6.07) is 6.06. The van der Waals surface area contributed by atoms with Crippen molar-refractivity contribution in [2.45, 2.75) is 25.8 Å². The van der Waals surface area contributed by atoms with Crippen LogP contribution < -0.4 is 10.9 Å². The Balaban J connectivity index is 1.66. The second kappa shape index (κ2) is 6.74. The van der Waals surface area contributed by atoms with Crippen LogP contribution in [-0.2, 0) is 0 Å². The van der Waals surface area contributed by atoms with E-state index in [4.69, 9.17) is 4.42 Å². The van der Waals surface area contributed by atoms with Crippen molar-refractivity contribution in [2.24, 2.45) is 0 Å². The quantitative estimate of drug-likeness (QED) is 0.887. The van der Waals surface area contributed by atoms with Crippen LogP contribution in [0.15, 0.2) is 39.7 Å². The van der Waals surface area contributed by atoms with Gasteiger partial charge in [-0.1, -0.05) is 0 Å². The van der Waals surface area contributed by atoms with Gasteiger partial charge < -0.3 is 19.6 Å². The van der Waals surface area contributed by atoms with Crippen molar-refractivity contribution in [2.75, 3.05) is 13.1 Å². The van der Waals surface area contributed by atoms with Gasteiger partial charge >= 0.3 is 0 Å². The molecule has 2 N–H and O–H groups in total. The molecule has 0 spiro atoms. The highest BCUT2D eigenvalue weighted by Crippen LogP contribution is 2.15. The third kappa shape index (κ3) is 3.56. The maximum Gasteiger partial charge on any atom is 0.289 e. The van der Waals surface area contributed by atoms with Gasteiger partial charge in [0.05, 0.1) is 6.26 Å². The largest absolute Gasteiger partial charge is 0.459 e. The van der Waals surface area contributed by atoms with E-state index in [1.54, 1.807) is 30.0 Å². The number of likely N-dealkylation sites (tertiary alicyclic amines) is 1. The lowest BCUT2D eigenvalue weighted by Crippen LogP contribution is -2.49. The molecule has 0 aliphatic carbocycles. The second-order valence-corrected chi connectivity index (χ2v) is 5.96. The number of carbonyl (C=O) groups is 2. The lowest BCUT2D eigenvalue weighted by atomic mass is 10.0. The highest BCUT2D eigenvalue weighted by Gasteiger charge is 2.27. The van der Waals surface area contributed by atoms with E-state index < -0.39 is 0 Å². The first-order chi connectivity index (χ1) is 11.5. The molecule has 2 aromatic heterocycles. The Kier molecular flexibility index (Phi) is 4.50. The number of nitrogens with zero attached hydrogens (tertiary/aromatic N) is 1. The van der Waals surface area contributed by atoms with Gasteiger partial charge in [-0.15, -0.1) is 0 Å². The predicted molar refractivity (Wildman–Crippen MR) is 86.9 cm³/mol. The number of rotatable bonds is 3. The van der Waals surface area contributed by atoms with Gasteiger partial charge in [0.2, 0.25) is 5.56 Å². The van der Waals surface area contributed by atoms with Crippen LogP contribution in [0.2, 0.25) is 0 Å². The van der Waals surface area contributed by atoms with Crippen molar-refractivity contribution in [1.82, 2.24) is 15.2 Å². The number of aryl methyl sites for hydroxylation is 1. The maximum absolute atomic E-state index is 12.3. The molecule has 1 atom stereocenters. The molecule has 7 heteroatoms. The van der Waals surface area contributed by atoms with Crippen molar-refractivity contribution in [1.29, 1.82) is 0 Å². The highest BCUT2D eigenvalue weighted by atomic mass is 16.3. The zero-order valence-corrected chi connectivity index (χ0v) is 13.4. The van der Waals surface area contributed by atoms with Crippen molar-refractivity contribution in [3.05, 3.63) is 57.9 Å². The van der Waals surface area contributed by atoms with Crippen molar-refractivity contribution >= 4 is 11.8 Å². The van der Waals surface area contributed by atoms with Crippen LogP contribution in [0.5, 0.6) is 0 Å². The Hall–Kier alpha value is -2.83. The van der Waals surface area contributed by atoms with E-state index in [0.717, 1.165) is 12.8 Å². The minimum absolute atomic E-state index is 0.148.